The third kappa shape index (κ3) is 3.88. The standard InChI is InChI=1S/C25H26ClFN8OS/c26-17-8-16-22(20(27)19(17)15-2-1-3-18-21(15)30-24(28)37-18)31-25(32-23(16)33-6-4-29-5-7-33)35-9-13(10-35)34-11-14(36)12-34/h1-3,8,13-14,29,36H,4-7,9-12H2,(H2,28,30). The fourth-order valence-electron chi connectivity index (χ4n) is 5.48. The predicted octanol–water partition coefficient (Wildman–Crippen LogP) is 2.56. The molecule has 4 N–H and O–H groups in total. The SMILES string of the molecule is Nc1nc2c(-c3c(Cl)cc4c(N5CCNCC5)nc(N5CC(N6CC(O)C6)C5)nc4c3F)cccc2s1. The van der Waals surface area contributed by atoms with Crippen molar-refractivity contribution in [3.05, 3.63) is 35.1 Å². The van der Waals surface area contributed by atoms with Crippen molar-refractivity contribution >= 4 is 61.0 Å². The highest BCUT2D eigenvalue weighted by atomic mass is 35.5. The molecule has 12 heteroatoms. The predicted molar refractivity (Wildman–Crippen MR) is 146 cm³/mol. The molecule has 3 aliphatic heterocycles. The lowest BCUT2D eigenvalue weighted by Crippen LogP contribution is -2.67. The molecule has 3 aliphatic rings. The smallest absolute Gasteiger partial charge is 0.228 e. The number of aliphatic hydroxyl groups excluding tert-OH is 1. The number of nitrogens with zero attached hydrogens (tertiary/aromatic N) is 6. The molecule has 3 fully saturated rings. The molecule has 0 radical (unpaired) electrons. The van der Waals surface area contributed by atoms with Crippen LogP contribution in [-0.2, 0) is 0 Å². The summed E-state index contributed by atoms with van der Waals surface area (Å²) in [7, 11) is 0. The van der Waals surface area contributed by atoms with E-state index in [0.29, 0.717) is 52.5 Å². The number of anilines is 3. The van der Waals surface area contributed by atoms with Crippen LogP contribution in [0.4, 0.5) is 21.3 Å². The minimum atomic E-state index is -0.482. The number of thiazole rings is 1. The summed E-state index contributed by atoms with van der Waals surface area (Å²) in [4.78, 5) is 20.6. The Morgan fingerprint density at radius 1 is 1.05 bits per heavy atom. The molecule has 5 heterocycles. The van der Waals surface area contributed by atoms with E-state index >= 15 is 4.39 Å². The van der Waals surface area contributed by atoms with E-state index in [-0.39, 0.29) is 22.2 Å². The zero-order valence-corrected chi connectivity index (χ0v) is 21.6. The van der Waals surface area contributed by atoms with Crippen LogP contribution >= 0.6 is 22.9 Å². The molecule has 192 valence electrons. The molecule has 4 aromatic rings. The lowest BCUT2D eigenvalue weighted by Gasteiger charge is -2.50. The van der Waals surface area contributed by atoms with E-state index in [1.165, 1.54) is 11.3 Å². The minimum Gasteiger partial charge on any atom is -0.390 e. The van der Waals surface area contributed by atoms with Gasteiger partial charge in [-0.25, -0.2) is 14.4 Å². The van der Waals surface area contributed by atoms with E-state index in [9.17, 15) is 5.11 Å². The Kier molecular flexibility index (Phi) is 5.59. The minimum absolute atomic E-state index is 0.236. The van der Waals surface area contributed by atoms with Crippen LogP contribution in [0.25, 0.3) is 32.2 Å². The Bertz CT molecular complexity index is 1510. The highest BCUT2D eigenvalue weighted by Crippen LogP contribution is 2.42. The number of likely N-dealkylation sites (tertiary alicyclic amines) is 1. The summed E-state index contributed by atoms with van der Waals surface area (Å²) in [5, 5.41) is 14.3. The molecule has 0 saturated carbocycles. The average Bonchev–Trinajstić information content (AvgIpc) is 3.23. The zero-order valence-electron chi connectivity index (χ0n) is 20.0. The molecule has 0 aliphatic carbocycles. The van der Waals surface area contributed by atoms with Gasteiger partial charge in [-0.2, -0.15) is 4.98 Å². The second kappa shape index (κ2) is 8.88. The number of para-hydroxylation sites is 1. The van der Waals surface area contributed by atoms with E-state index in [1.807, 2.05) is 18.2 Å². The number of aliphatic hydroxyl groups is 1. The number of hydrogen-bond acceptors (Lipinski definition) is 10. The van der Waals surface area contributed by atoms with Crippen molar-refractivity contribution in [3.63, 3.8) is 0 Å². The summed E-state index contributed by atoms with van der Waals surface area (Å²) in [6.07, 6.45) is -0.236. The Morgan fingerprint density at radius 3 is 2.59 bits per heavy atom. The van der Waals surface area contributed by atoms with Crippen molar-refractivity contribution in [1.82, 2.24) is 25.2 Å². The Labute approximate surface area is 221 Å². The van der Waals surface area contributed by atoms with E-state index in [1.54, 1.807) is 6.07 Å². The second-order valence-electron chi connectivity index (χ2n) is 9.90. The van der Waals surface area contributed by atoms with Crippen molar-refractivity contribution in [2.24, 2.45) is 0 Å². The number of nitrogens with two attached hydrogens (primary N) is 1. The van der Waals surface area contributed by atoms with Gasteiger partial charge in [-0.1, -0.05) is 35.1 Å². The van der Waals surface area contributed by atoms with Crippen LogP contribution in [0.5, 0.6) is 0 Å². The summed E-state index contributed by atoms with van der Waals surface area (Å²) >= 11 is 8.13. The van der Waals surface area contributed by atoms with Crippen LogP contribution in [0.2, 0.25) is 5.02 Å². The number of halogens is 2. The maximum atomic E-state index is 16.5. The number of β-amino-alcohol motifs (C(OH)–C–C–N with tert-alkyl or cyclic N) is 1. The monoisotopic (exact) mass is 540 g/mol. The lowest BCUT2D eigenvalue weighted by molar-refractivity contribution is -0.0313. The van der Waals surface area contributed by atoms with Gasteiger partial charge in [0.25, 0.3) is 0 Å². The molecule has 0 amide bonds. The van der Waals surface area contributed by atoms with Crippen LogP contribution in [0.15, 0.2) is 24.3 Å². The molecule has 2 aromatic carbocycles. The lowest BCUT2D eigenvalue weighted by atomic mass is 10.0. The molecule has 9 nitrogen and oxygen atoms in total. The topological polar surface area (TPSA) is 107 Å². The van der Waals surface area contributed by atoms with Gasteiger partial charge < -0.3 is 26.0 Å². The van der Waals surface area contributed by atoms with Gasteiger partial charge in [0, 0.05) is 74.9 Å². The molecule has 3 saturated heterocycles. The maximum Gasteiger partial charge on any atom is 0.228 e. The van der Waals surface area contributed by atoms with Crippen molar-refractivity contribution in [2.45, 2.75) is 12.1 Å². The quantitative estimate of drug-likeness (QED) is 0.360. The van der Waals surface area contributed by atoms with Crippen LogP contribution in [0, 0.1) is 5.82 Å². The highest BCUT2D eigenvalue weighted by Gasteiger charge is 2.39. The Morgan fingerprint density at radius 2 is 1.84 bits per heavy atom. The van der Waals surface area contributed by atoms with Gasteiger partial charge in [0.1, 0.15) is 11.3 Å². The fraction of sp³-hybridized carbons (Fsp3) is 0.400. The Hall–Kier alpha value is -2.83. The average molecular weight is 541 g/mol. The summed E-state index contributed by atoms with van der Waals surface area (Å²) in [6.45, 7) is 6.07. The summed E-state index contributed by atoms with van der Waals surface area (Å²) < 4.78 is 17.3. The van der Waals surface area contributed by atoms with E-state index in [0.717, 1.165) is 44.0 Å². The first kappa shape index (κ1) is 23.3. The zero-order chi connectivity index (χ0) is 25.3. The summed E-state index contributed by atoms with van der Waals surface area (Å²) in [6, 6.07) is 7.73. The van der Waals surface area contributed by atoms with Gasteiger partial charge in [0.05, 0.1) is 21.3 Å². The van der Waals surface area contributed by atoms with E-state index in [4.69, 9.17) is 27.3 Å². The number of piperazine rings is 1. The number of aromatic nitrogens is 3. The van der Waals surface area contributed by atoms with Crippen molar-refractivity contribution < 1.29 is 9.50 Å². The molecular formula is C25H26ClFN8OS. The first-order valence-corrected chi connectivity index (χ1v) is 13.6. The van der Waals surface area contributed by atoms with Crippen molar-refractivity contribution in [1.29, 1.82) is 0 Å². The molecule has 0 bridgehead atoms. The largest absolute Gasteiger partial charge is 0.390 e. The molecule has 7 rings (SSSR count). The second-order valence-corrected chi connectivity index (χ2v) is 11.4. The number of benzene rings is 2. The van der Waals surface area contributed by atoms with Gasteiger partial charge in [0.2, 0.25) is 5.95 Å². The summed E-state index contributed by atoms with van der Waals surface area (Å²) in [5.41, 5.74) is 7.71. The third-order valence-electron chi connectivity index (χ3n) is 7.52. The van der Waals surface area contributed by atoms with E-state index in [2.05, 4.69) is 25.0 Å². The van der Waals surface area contributed by atoms with Gasteiger partial charge in [-0.15, -0.1) is 0 Å². The first-order valence-electron chi connectivity index (χ1n) is 12.4. The maximum absolute atomic E-state index is 16.5. The van der Waals surface area contributed by atoms with Gasteiger partial charge in [-0.05, 0) is 12.1 Å². The van der Waals surface area contributed by atoms with Gasteiger partial charge >= 0.3 is 0 Å². The number of fused-ring (bicyclic) bond motifs is 2. The van der Waals surface area contributed by atoms with Crippen LogP contribution in [0.1, 0.15) is 0 Å². The molecule has 37 heavy (non-hydrogen) atoms. The van der Waals surface area contributed by atoms with Crippen LogP contribution < -0.4 is 20.9 Å². The summed E-state index contributed by atoms with van der Waals surface area (Å²) in [5.74, 6) is 0.735. The third-order valence-corrected chi connectivity index (χ3v) is 8.67. The fourth-order valence-corrected chi connectivity index (χ4v) is 6.53. The highest BCUT2D eigenvalue weighted by molar-refractivity contribution is 7.22. The molecule has 0 unspecified atom stereocenters. The number of nitrogens with one attached hydrogen (secondary N) is 1. The Balaban J connectivity index is 1.36. The van der Waals surface area contributed by atoms with Gasteiger partial charge in [-0.3, -0.25) is 4.90 Å². The van der Waals surface area contributed by atoms with E-state index < -0.39 is 5.82 Å². The normalized spacial score (nSPS) is 19.5. The van der Waals surface area contributed by atoms with Crippen LogP contribution in [0.3, 0.4) is 0 Å². The van der Waals surface area contributed by atoms with Crippen molar-refractivity contribution in [3.8, 4) is 11.1 Å². The molecule has 0 atom stereocenters. The molecule has 0 spiro atoms. The van der Waals surface area contributed by atoms with Gasteiger partial charge in [0.15, 0.2) is 10.9 Å². The number of hydrogen-bond donors (Lipinski definition) is 3. The molecule has 2 aromatic heterocycles. The number of rotatable bonds is 4. The number of nitrogen functional groups attached to an aromatic ring is 1. The molecular weight excluding hydrogens is 515 g/mol. The van der Waals surface area contributed by atoms with Crippen LogP contribution in [-0.4, -0.2) is 89.5 Å². The first-order chi connectivity index (χ1) is 18.0. The van der Waals surface area contributed by atoms with Crippen molar-refractivity contribution in [2.75, 3.05) is 67.9 Å².